The van der Waals surface area contributed by atoms with Gasteiger partial charge in [-0.25, -0.2) is 0 Å². The van der Waals surface area contributed by atoms with Gasteiger partial charge in [-0.05, 0) is 13.0 Å². The Morgan fingerprint density at radius 1 is 1.07 bits per heavy atom. The van der Waals surface area contributed by atoms with E-state index in [4.69, 9.17) is 23.2 Å². The van der Waals surface area contributed by atoms with Crippen molar-refractivity contribution in [1.82, 2.24) is 9.97 Å². The van der Waals surface area contributed by atoms with Gasteiger partial charge in [0.1, 0.15) is 0 Å². The summed E-state index contributed by atoms with van der Waals surface area (Å²) in [5.74, 6) is 0. The van der Waals surface area contributed by atoms with Gasteiger partial charge in [-0.2, -0.15) is 0 Å². The second kappa shape index (κ2) is 4.17. The fourth-order valence-corrected chi connectivity index (χ4v) is 1.63. The lowest BCUT2D eigenvalue weighted by molar-refractivity contribution is 1.12. The SMILES string of the molecule is Cc1cnc(-c2cccc(Cl)c2Cl)cn1. The van der Waals surface area contributed by atoms with Crippen molar-refractivity contribution in [3.8, 4) is 11.3 Å². The molecule has 1 aromatic carbocycles. The summed E-state index contributed by atoms with van der Waals surface area (Å²) in [6.45, 7) is 1.89. The number of rotatable bonds is 1. The summed E-state index contributed by atoms with van der Waals surface area (Å²) in [5.41, 5.74) is 2.40. The number of nitrogens with zero attached hydrogens (tertiary/aromatic N) is 2. The molecule has 0 spiro atoms. The number of hydrogen-bond acceptors (Lipinski definition) is 2. The van der Waals surface area contributed by atoms with Gasteiger partial charge in [-0.15, -0.1) is 0 Å². The van der Waals surface area contributed by atoms with Crippen LogP contribution in [-0.2, 0) is 0 Å². The van der Waals surface area contributed by atoms with Gasteiger partial charge in [-0.1, -0.05) is 35.3 Å². The number of benzene rings is 1. The lowest BCUT2D eigenvalue weighted by atomic mass is 10.1. The van der Waals surface area contributed by atoms with Crippen molar-refractivity contribution in [2.75, 3.05) is 0 Å². The van der Waals surface area contributed by atoms with Crippen LogP contribution in [0, 0.1) is 6.92 Å². The normalized spacial score (nSPS) is 10.3. The number of aryl methyl sites for hydroxylation is 1. The van der Waals surface area contributed by atoms with Gasteiger partial charge >= 0.3 is 0 Å². The van der Waals surface area contributed by atoms with Gasteiger partial charge in [0.05, 0.1) is 27.6 Å². The molecule has 0 saturated carbocycles. The second-order valence-corrected chi connectivity index (χ2v) is 3.93. The fraction of sp³-hybridized carbons (Fsp3) is 0.0909. The minimum atomic E-state index is 0.511. The third-order valence-corrected chi connectivity index (χ3v) is 2.83. The molecule has 0 fully saturated rings. The summed E-state index contributed by atoms with van der Waals surface area (Å²) in [4.78, 5) is 8.41. The standard InChI is InChI=1S/C11H8Cl2N2/c1-7-5-15-10(6-14-7)8-3-2-4-9(12)11(8)13/h2-6H,1H3. The first-order valence-electron chi connectivity index (χ1n) is 4.41. The third kappa shape index (κ3) is 2.11. The molecule has 1 aromatic heterocycles. The van der Waals surface area contributed by atoms with E-state index in [0.717, 1.165) is 17.0 Å². The average molecular weight is 239 g/mol. The van der Waals surface area contributed by atoms with Gasteiger partial charge < -0.3 is 0 Å². The van der Waals surface area contributed by atoms with Crippen LogP contribution in [0.4, 0.5) is 0 Å². The highest BCUT2D eigenvalue weighted by molar-refractivity contribution is 6.43. The zero-order chi connectivity index (χ0) is 10.8. The van der Waals surface area contributed by atoms with Crippen LogP contribution in [0.15, 0.2) is 30.6 Å². The lowest BCUT2D eigenvalue weighted by Crippen LogP contribution is -1.88. The molecule has 76 valence electrons. The Balaban J connectivity index is 2.54. The summed E-state index contributed by atoms with van der Waals surface area (Å²) in [5, 5.41) is 1.04. The molecule has 1 heterocycles. The zero-order valence-corrected chi connectivity index (χ0v) is 9.55. The van der Waals surface area contributed by atoms with Gasteiger partial charge in [-0.3, -0.25) is 9.97 Å². The summed E-state index contributed by atoms with van der Waals surface area (Å²) >= 11 is 12.0. The molecule has 0 N–H and O–H groups in total. The van der Waals surface area contributed by atoms with E-state index in [1.165, 1.54) is 0 Å². The van der Waals surface area contributed by atoms with Crippen molar-refractivity contribution >= 4 is 23.2 Å². The number of halogens is 2. The van der Waals surface area contributed by atoms with Crippen molar-refractivity contribution in [2.45, 2.75) is 6.92 Å². The monoisotopic (exact) mass is 238 g/mol. The van der Waals surface area contributed by atoms with Gasteiger partial charge in [0, 0.05) is 11.8 Å². The first kappa shape index (κ1) is 10.4. The van der Waals surface area contributed by atoms with Crippen LogP contribution in [0.2, 0.25) is 10.0 Å². The Bertz CT molecular complexity index is 480. The first-order chi connectivity index (χ1) is 7.18. The predicted octanol–water partition coefficient (Wildman–Crippen LogP) is 3.76. The molecule has 0 atom stereocenters. The molecule has 0 unspecified atom stereocenters. The maximum absolute atomic E-state index is 6.07. The Morgan fingerprint density at radius 2 is 1.87 bits per heavy atom. The van der Waals surface area contributed by atoms with E-state index >= 15 is 0 Å². The van der Waals surface area contributed by atoms with Crippen LogP contribution in [0.25, 0.3) is 11.3 Å². The highest BCUT2D eigenvalue weighted by atomic mass is 35.5. The van der Waals surface area contributed by atoms with Crippen LogP contribution in [0.1, 0.15) is 5.69 Å². The molecular formula is C11H8Cl2N2. The molecule has 2 rings (SSSR count). The van der Waals surface area contributed by atoms with Crippen LogP contribution in [0.5, 0.6) is 0 Å². The summed E-state index contributed by atoms with van der Waals surface area (Å²) in [6, 6.07) is 5.45. The molecule has 0 aliphatic rings. The van der Waals surface area contributed by atoms with E-state index in [0.29, 0.717) is 10.0 Å². The van der Waals surface area contributed by atoms with Gasteiger partial charge in [0.2, 0.25) is 0 Å². The molecule has 2 aromatic rings. The van der Waals surface area contributed by atoms with Crippen LogP contribution in [-0.4, -0.2) is 9.97 Å². The van der Waals surface area contributed by atoms with E-state index in [-0.39, 0.29) is 0 Å². The Hall–Kier alpha value is -1.12. The Kier molecular flexibility index (Phi) is 2.89. The second-order valence-electron chi connectivity index (χ2n) is 3.14. The third-order valence-electron chi connectivity index (χ3n) is 2.01. The van der Waals surface area contributed by atoms with E-state index in [1.54, 1.807) is 18.5 Å². The molecule has 0 radical (unpaired) electrons. The highest BCUT2D eigenvalue weighted by Crippen LogP contribution is 2.31. The van der Waals surface area contributed by atoms with Crippen molar-refractivity contribution in [3.05, 3.63) is 46.3 Å². The lowest BCUT2D eigenvalue weighted by Gasteiger charge is -2.04. The van der Waals surface area contributed by atoms with Gasteiger partial charge in [0.25, 0.3) is 0 Å². The van der Waals surface area contributed by atoms with Crippen molar-refractivity contribution in [1.29, 1.82) is 0 Å². The topological polar surface area (TPSA) is 25.8 Å². The Morgan fingerprint density at radius 3 is 2.53 bits per heavy atom. The fourth-order valence-electron chi connectivity index (χ4n) is 1.23. The van der Waals surface area contributed by atoms with Crippen molar-refractivity contribution in [2.24, 2.45) is 0 Å². The molecule has 2 nitrogen and oxygen atoms in total. The molecule has 0 amide bonds. The summed E-state index contributed by atoms with van der Waals surface area (Å²) in [7, 11) is 0. The minimum Gasteiger partial charge on any atom is -0.258 e. The zero-order valence-electron chi connectivity index (χ0n) is 8.04. The molecular weight excluding hydrogens is 231 g/mol. The average Bonchev–Trinajstić information content (AvgIpc) is 2.24. The highest BCUT2D eigenvalue weighted by Gasteiger charge is 2.07. The quantitative estimate of drug-likeness (QED) is 0.757. The molecule has 0 aliphatic carbocycles. The molecule has 0 bridgehead atoms. The van der Waals surface area contributed by atoms with E-state index < -0.39 is 0 Å². The van der Waals surface area contributed by atoms with Crippen molar-refractivity contribution in [3.63, 3.8) is 0 Å². The number of hydrogen-bond donors (Lipinski definition) is 0. The van der Waals surface area contributed by atoms with Gasteiger partial charge in [0.15, 0.2) is 0 Å². The maximum Gasteiger partial charge on any atom is 0.0900 e. The Labute approximate surface area is 97.9 Å². The molecule has 0 saturated heterocycles. The van der Waals surface area contributed by atoms with Crippen LogP contribution >= 0.6 is 23.2 Å². The van der Waals surface area contributed by atoms with E-state index in [2.05, 4.69) is 9.97 Å². The summed E-state index contributed by atoms with van der Waals surface area (Å²) in [6.07, 6.45) is 3.39. The smallest absolute Gasteiger partial charge is 0.0900 e. The maximum atomic E-state index is 6.07. The largest absolute Gasteiger partial charge is 0.258 e. The van der Waals surface area contributed by atoms with Crippen LogP contribution in [0.3, 0.4) is 0 Å². The summed E-state index contributed by atoms with van der Waals surface area (Å²) < 4.78 is 0. The predicted molar refractivity (Wildman–Crippen MR) is 62.2 cm³/mol. The van der Waals surface area contributed by atoms with Crippen LogP contribution < -0.4 is 0 Å². The van der Waals surface area contributed by atoms with E-state index in [1.807, 2.05) is 19.1 Å². The number of aromatic nitrogens is 2. The first-order valence-corrected chi connectivity index (χ1v) is 5.17. The minimum absolute atomic E-state index is 0.511. The molecule has 4 heteroatoms. The molecule has 15 heavy (non-hydrogen) atoms. The van der Waals surface area contributed by atoms with E-state index in [9.17, 15) is 0 Å². The molecule has 0 aliphatic heterocycles. The van der Waals surface area contributed by atoms with Crippen molar-refractivity contribution < 1.29 is 0 Å².